The summed E-state index contributed by atoms with van der Waals surface area (Å²) in [6, 6.07) is 12.7. The molecule has 0 bridgehead atoms. The molecule has 0 atom stereocenters. The van der Waals surface area contributed by atoms with E-state index in [1.165, 1.54) is 16.7 Å². The third-order valence-electron chi connectivity index (χ3n) is 4.15. The molecule has 0 amide bonds. The predicted octanol–water partition coefficient (Wildman–Crippen LogP) is 3.36. The number of aryl methyl sites for hydroxylation is 1. The smallest absolute Gasteiger partial charge is 0.129 e. The van der Waals surface area contributed by atoms with Gasteiger partial charge >= 0.3 is 0 Å². The molecule has 1 saturated heterocycles. The Bertz CT molecular complexity index is 604. The average Bonchev–Trinajstić information content (AvgIpc) is 2.52. The van der Waals surface area contributed by atoms with Gasteiger partial charge in [-0.1, -0.05) is 47.5 Å². The number of rotatable bonds is 4. The van der Waals surface area contributed by atoms with E-state index in [4.69, 9.17) is 11.6 Å². The second-order valence-electron chi connectivity index (χ2n) is 6.03. The van der Waals surface area contributed by atoms with Gasteiger partial charge in [-0.2, -0.15) is 0 Å². The molecular weight excluding hydrogens is 294 g/mol. The van der Waals surface area contributed by atoms with Crippen molar-refractivity contribution in [3.8, 4) is 0 Å². The van der Waals surface area contributed by atoms with Crippen molar-refractivity contribution in [2.75, 3.05) is 26.2 Å². The number of pyridine rings is 1. The van der Waals surface area contributed by atoms with Gasteiger partial charge in [0.1, 0.15) is 5.15 Å². The highest BCUT2D eigenvalue weighted by Crippen LogP contribution is 2.13. The van der Waals surface area contributed by atoms with Crippen LogP contribution in [0.2, 0.25) is 5.15 Å². The molecule has 4 heteroatoms. The Morgan fingerprint density at radius 2 is 1.64 bits per heavy atom. The standard InChI is InChI=1S/C18H22ClN3/c1-15-3-2-4-16(11-15)13-21-7-9-22(10-8-21)14-17-5-6-18(19)20-12-17/h2-6,11-12H,7-10,13-14H2,1H3. The Labute approximate surface area is 137 Å². The highest BCUT2D eigenvalue weighted by Gasteiger charge is 2.17. The van der Waals surface area contributed by atoms with Crippen LogP contribution in [-0.2, 0) is 13.1 Å². The lowest BCUT2D eigenvalue weighted by Gasteiger charge is -2.34. The summed E-state index contributed by atoms with van der Waals surface area (Å²) >= 11 is 5.83. The Hall–Kier alpha value is -1.42. The van der Waals surface area contributed by atoms with E-state index in [2.05, 4.69) is 52.0 Å². The van der Waals surface area contributed by atoms with E-state index in [1.54, 1.807) is 0 Å². The van der Waals surface area contributed by atoms with Crippen LogP contribution in [0.4, 0.5) is 0 Å². The lowest BCUT2D eigenvalue weighted by Crippen LogP contribution is -2.45. The first-order valence-electron chi connectivity index (χ1n) is 7.80. The van der Waals surface area contributed by atoms with Crippen molar-refractivity contribution in [1.29, 1.82) is 0 Å². The number of piperazine rings is 1. The van der Waals surface area contributed by atoms with Crippen molar-refractivity contribution in [3.05, 3.63) is 64.4 Å². The zero-order valence-corrected chi connectivity index (χ0v) is 13.8. The number of hydrogen-bond donors (Lipinski definition) is 0. The fraction of sp³-hybridized carbons (Fsp3) is 0.389. The van der Waals surface area contributed by atoms with Crippen LogP contribution in [0.15, 0.2) is 42.6 Å². The maximum atomic E-state index is 5.83. The molecule has 1 aromatic carbocycles. The molecule has 0 radical (unpaired) electrons. The fourth-order valence-corrected chi connectivity index (χ4v) is 3.04. The number of hydrogen-bond acceptors (Lipinski definition) is 3. The van der Waals surface area contributed by atoms with Gasteiger partial charge in [0, 0.05) is 45.5 Å². The minimum atomic E-state index is 0.562. The molecule has 1 fully saturated rings. The van der Waals surface area contributed by atoms with E-state index in [0.717, 1.165) is 39.3 Å². The van der Waals surface area contributed by atoms with E-state index in [9.17, 15) is 0 Å². The molecule has 0 aliphatic carbocycles. The predicted molar refractivity (Wildman–Crippen MR) is 91.0 cm³/mol. The zero-order valence-electron chi connectivity index (χ0n) is 13.0. The quantitative estimate of drug-likeness (QED) is 0.807. The van der Waals surface area contributed by atoms with Crippen LogP contribution in [0.1, 0.15) is 16.7 Å². The second kappa shape index (κ2) is 7.23. The molecule has 2 aromatic rings. The highest BCUT2D eigenvalue weighted by atomic mass is 35.5. The molecule has 1 aliphatic rings. The maximum Gasteiger partial charge on any atom is 0.129 e. The topological polar surface area (TPSA) is 19.4 Å². The summed E-state index contributed by atoms with van der Waals surface area (Å²) in [5.41, 5.74) is 3.98. The molecule has 0 N–H and O–H groups in total. The van der Waals surface area contributed by atoms with Crippen molar-refractivity contribution < 1.29 is 0 Å². The summed E-state index contributed by atoms with van der Waals surface area (Å²) in [6.07, 6.45) is 1.88. The van der Waals surface area contributed by atoms with Gasteiger partial charge in [-0.25, -0.2) is 4.98 Å². The first-order chi connectivity index (χ1) is 10.7. The monoisotopic (exact) mass is 315 g/mol. The molecule has 3 nitrogen and oxygen atoms in total. The molecule has 116 valence electrons. The molecule has 2 heterocycles. The van der Waals surface area contributed by atoms with Gasteiger partial charge in [0.15, 0.2) is 0 Å². The third kappa shape index (κ3) is 4.29. The van der Waals surface area contributed by atoms with Crippen molar-refractivity contribution in [3.63, 3.8) is 0 Å². The first kappa shape index (κ1) is 15.5. The van der Waals surface area contributed by atoms with Crippen LogP contribution in [0, 0.1) is 6.92 Å². The molecular formula is C18H22ClN3. The summed E-state index contributed by atoms with van der Waals surface area (Å²) in [5.74, 6) is 0. The molecule has 1 aromatic heterocycles. The van der Waals surface area contributed by atoms with Crippen LogP contribution < -0.4 is 0 Å². The Morgan fingerprint density at radius 3 is 2.23 bits per heavy atom. The molecule has 0 unspecified atom stereocenters. The minimum Gasteiger partial charge on any atom is -0.297 e. The van der Waals surface area contributed by atoms with Crippen molar-refractivity contribution in [2.45, 2.75) is 20.0 Å². The lowest BCUT2D eigenvalue weighted by molar-refractivity contribution is 0.122. The number of halogens is 1. The van der Waals surface area contributed by atoms with Gasteiger partial charge in [0.05, 0.1) is 0 Å². The van der Waals surface area contributed by atoms with Gasteiger partial charge in [0.2, 0.25) is 0 Å². The number of nitrogens with zero attached hydrogens (tertiary/aromatic N) is 3. The van der Waals surface area contributed by atoms with Crippen molar-refractivity contribution >= 4 is 11.6 Å². The van der Waals surface area contributed by atoms with E-state index < -0.39 is 0 Å². The van der Waals surface area contributed by atoms with Gasteiger partial charge in [-0.05, 0) is 24.1 Å². The SMILES string of the molecule is Cc1cccc(CN2CCN(Cc3ccc(Cl)nc3)CC2)c1. The van der Waals surface area contributed by atoms with Crippen LogP contribution in [0.3, 0.4) is 0 Å². The van der Waals surface area contributed by atoms with Crippen LogP contribution in [0.5, 0.6) is 0 Å². The first-order valence-corrected chi connectivity index (χ1v) is 8.17. The van der Waals surface area contributed by atoms with Crippen LogP contribution >= 0.6 is 11.6 Å². The minimum absolute atomic E-state index is 0.562. The molecule has 0 spiro atoms. The number of aromatic nitrogens is 1. The van der Waals surface area contributed by atoms with Crippen molar-refractivity contribution in [1.82, 2.24) is 14.8 Å². The summed E-state index contributed by atoms with van der Waals surface area (Å²) in [4.78, 5) is 9.17. The van der Waals surface area contributed by atoms with Gasteiger partial charge in [0.25, 0.3) is 0 Å². The summed E-state index contributed by atoms with van der Waals surface area (Å²) in [7, 11) is 0. The van der Waals surface area contributed by atoms with E-state index in [0.29, 0.717) is 5.15 Å². The summed E-state index contributed by atoms with van der Waals surface area (Å²) < 4.78 is 0. The average molecular weight is 316 g/mol. The third-order valence-corrected chi connectivity index (χ3v) is 4.37. The van der Waals surface area contributed by atoms with Crippen molar-refractivity contribution in [2.24, 2.45) is 0 Å². The Morgan fingerprint density at radius 1 is 0.955 bits per heavy atom. The van der Waals surface area contributed by atoms with Gasteiger partial charge in [-0.15, -0.1) is 0 Å². The Kier molecular flexibility index (Phi) is 5.08. The van der Waals surface area contributed by atoms with E-state index >= 15 is 0 Å². The lowest BCUT2D eigenvalue weighted by atomic mass is 10.1. The molecule has 1 aliphatic heterocycles. The molecule has 0 saturated carbocycles. The van der Waals surface area contributed by atoms with E-state index in [-0.39, 0.29) is 0 Å². The Balaban J connectivity index is 1.49. The van der Waals surface area contributed by atoms with Crippen LogP contribution in [-0.4, -0.2) is 41.0 Å². The fourth-order valence-electron chi connectivity index (χ4n) is 2.93. The maximum absolute atomic E-state index is 5.83. The normalized spacial score (nSPS) is 16.8. The number of benzene rings is 1. The van der Waals surface area contributed by atoms with E-state index in [1.807, 2.05) is 12.3 Å². The largest absolute Gasteiger partial charge is 0.297 e. The second-order valence-corrected chi connectivity index (χ2v) is 6.42. The molecule has 3 rings (SSSR count). The van der Waals surface area contributed by atoms with Crippen LogP contribution in [0.25, 0.3) is 0 Å². The van der Waals surface area contributed by atoms with Gasteiger partial charge < -0.3 is 0 Å². The summed E-state index contributed by atoms with van der Waals surface area (Å²) in [5, 5.41) is 0.562. The zero-order chi connectivity index (χ0) is 15.4. The molecule has 22 heavy (non-hydrogen) atoms. The van der Waals surface area contributed by atoms with Gasteiger partial charge in [-0.3, -0.25) is 9.80 Å². The highest BCUT2D eigenvalue weighted by molar-refractivity contribution is 6.29. The summed E-state index contributed by atoms with van der Waals surface area (Å²) in [6.45, 7) is 8.62.